The molecule has 0 heterocycles. The Morgan fingerprint density at radius 2 is 1.65 bits per heavy atom. The van der Waals surface area contributed by atoms with Crippen molar-refractivity contribution in [3.63, 3.8) is 0 Å². The molecule has 1 aliphatic carbocycles. The molecule has 0 unspecified atom stereocenters. The number of nitrogens with one attached hydrogen (secondary N) is 1. The molecule has 0 saturated heterocycles. The van der Waals surface area contributed by atoms with Gasteiger partial charge in [0.1, 0.15) is 0 Å². The van der Waals surface area contributed by atoms with E-state index in [1.165, 1.54) is 77.4 Å². The Morgan fingerprint density at radius 1 is 1.00 bits per heavy atom. The first-order valence-corrected chi connectivity index (χ1v) is 8.96. The summed E-state index contributed by atoms with van der Waals surface area (Å²) in [7, 11) is 2.34. The number of unbranched alkanes of at least 4 members (excludes halogenated alkanes) is 3. The van der Waals surface area contributed by atoms with Crippen molar-refractivity contribution in [2.45, 2.75) is 84.6 Å². The molecule has 20 heavy (non-hydrogen) atoms. The first-order valence-electron chi connectivity index (χ1n) is 8.96. The van der Waals surface area contributed by atoms with Crippen molar-refractivity contribution < 1.29 is 0 Å². The van der Waals surface area contributed by atoms with Gasteiger partial charge in [-0.05, 0) is 77.0 Å². The van der Waals surface area contributed by atoms with Gasteiger partial charge in [0.25, 0.3) is 0 Å². The molecule has 0 aromatic heterocycles. The van der Waals surface area contributed by atoms with Gasteiger partial charge in [-0.2, -0.15) is 0 Å². The second-order valence-electron chi connectivity index (χ2n) is 7.54. The number of nitrogens with zero attached hydrogens (tertiary/aromatic N) is 1. The molecule has 1 fully saturated rings. The Kier molecular flexibility index (Phi) is 8.79. The largest absolute Gasteiger partial charge is 0.317 e. The third-order valence-corrected chi connectivity index (χ3v) is 4.97. The van der Waals surface area contributed by atoms with Gasteiger partial charge < -0.3 is 10.2 Å². The predicted octanol–water partition coefficient (Wildman–Crippen LogP) is 4.45. The summed E-state index contributed by atoms with van der Waals surface area (Å²) in [6.45, 7) is 10.8. The Morgan fingerprint density at radius 3 is 2.30 bits per heavy atom. The van der Waals surface area contributed by atoms with Gasteiger partial charge >= 0.3 is 0 Å². The second kappa shape index (κ2) is 9.78. The molecule has 1 aliphatic rings. The summed E-state index contributed by atoms with van der Waals surface area (Å²) in [5, 5.41) is 3.48. The van der Waals surface area contributed by atoms with Crippen molar-refractivity contribution in [3.8, 4) is 0 Å². The van der Waals surface area contributed by atoms with E-state index in [0.717, 1.165) is 6.04 Å². The lowest BCUT2D eigenvalue weighted by Crippen LogP contribution is -2.37. The quantitative estimate of drug-likeness (QED) is 0.596. The highest BCUT2D eigenvalue weighted by Crippen LogP contribution is 2.36. The molecule has 0 aliphatic heterocycles. The fourth-order valence-corrected chi connectivity index (χ4v) is 3.27. The maximum absolute atomic E-state index is 3.48. The Balaban J connectivity index is 1.96. The normalized spacial score (nSPS) is 19.6. The molecule has 0 radical (unpaired) electrons. The standard InChI is InChI=1S/C18H38N2/c1-5-14-19-15-8-6-7-9-16-20(4)17-10-12-18(2,3)13-11-17/h17,19H,5-16H2,1-4H3. The van der Waals surface area contributed by atoms with Gasteiger partial charge in [0.05, 0.1) is 0 Å². The molecular formula is C18H38N2. The fourth-order valence-electron chi connectivity index (χ4n) is 3.27. The zero-order chi connectivity index (χ0) is 14.8. The monoisotopic (exact) mass is 282 g/mol. The summed E-state index contributed by atoms with van der Waals surface area (Å²) >= 11 is 0. The van der Waals surface area contributed by atoms with Crippen LogP contribution in [0.4, 0.5) is 0 Å². The second-order valence-corrected chi connectivity index (χ2v) is 7.54. The van der Waals surface area contributed by atoms with Gasteiger partial charge in [0.15, 0.2) is 0 Å². The molecule has 120 valence electrons. The molecule has 1 saturated carbocycles. The lowest BCUT2D eigenvalue weighted by Gasteiger charge is -2.38. The third kappa shape index (κ3) is 7.64. The minimum atomic E-state index is 0.600. The summed E-state index contributed by atoms with van der Waals surface area (Å²) in [5.74, 6) is 0. The average molecular weight is 283 g/mol. The predicted molar refractivity (Wildman–Crippen MR) is 90.3 cm³/mol. The van der Waals surface area contributed by atoms with Crippen LogP contribution in [0.1, 0.15) is 78.6 Å². The van der Waals surface area contributed by atoms with Crippen LogP contribution < -0.4 is 5.32 Å². The van der Waals surface area contributed by atoms with E-state index in [0.29, 0.717) is 5.41 Å². The number of hydrogen-bond acceptors (Lipinski definition) is 2. The number of rotatable bonds is 10. The van der Waals surface area contributed by atoms with Gasteiger partial charge in [-0.1, -0.05) is 33.6 Å². The van der Waals surface area contributed by atoms with Crippen molar-refractivity contribution in [3.05, 3.63) is 0 Å². The van der Waals surface area contributed by atoms with Crippen LogP contribution in [0.3, 0.4) is 0 Å². The van der Waals surface area contributed by atoms with E-state index < -0.39 is 0 Å². The van der Waals surface area contributed by atoms with Crippen LogP contribution in [-0.2, 0) is 0 Å². The Labute approximate surface area is 127 Å². The molecule has 0 bridgehead atoms. The summed E-state index contributed by atoms with van der Waals surface area (Å²) in [6, 6.07) is 0.856. The maximum atomic E-state index is 3.48. The van der Waals surface area contributed by atoms with E-state index in [9.17, 15) is 0 Å². The highest BCUT2D eigenvalue weighted by molar-refractivity contribution is 4.82. The Bertz CT molecular complexity index is 228. The molecule has 0 spiro atoms. The van der Waals surface area contributed by atoms with E-state index in [2.05, 4.69) is 38.0 Å². The molecular weight excluding hydrogens is 244 g/mol. The lowest BCUT2D eigenvalue weighted by atomic mass is 9.75. The molecule has 0 aromatic rings. The summed E-state index contributed by atoms with van der Waals surface area (Å²) in [6.07, 6.45) is 12.4. The van der Waals surface area contributed by atoms with Crippen LogP contribution in [0.5, 0.6) is 0 Å². The van der Waals surface area contributed by atoms with E-state index in [-0.39, 0.29) is 0 Å². The maximum Gasteiger partial charge on any atom is 0.00926 e. The smallest absolute Gasteiger partial charge is 0.00926 e. The highest BCUT2D eigenvalue weighted by atomic mass is 15.1. The van der Waals surface area contributed by atoms with Crippen molar-refractivity contribution in [2.75, 3.05) is 26.7 Å². The van der Waals surface area contributed by atoms with E-state index in [1.54, 1.807) is 0 Å². The molecule has 1 N–H and O–H groups in total. The number of hydrogen-bond donors (Lipinski definition) is 1. The molecule has 2 nitrogen and oxygen atoms in total. The first kappa shape index (κ1) is 18.0. The van der Waals surface area contributed by atoms with E-state index >= 15 is 0 Å². The van der Waals surface area contributed by atoms with Crippen molar-refractivity contribution in [1.29, 1.82) is 0 Å². The van der Waals surface area contributed by atoms with E-state index in [1.807, 2.05) is 0 Å². The van der Waals surface area contributed by atoms with Crippen LogP contribution in [0.2, 0.25) is 0 Å². The van der Waals surface area contributed by atoms with Gasteiger partial charge in [-0.3, -0.25) is 0 Å². The fraction of sp³-hybridized carbons (Fsp3) is 1.00. The van der Waals surface area contributed by atoms with Gasteiger partial charge in [0, 0.05) is 6.04 Å². The van der Waals surface area contributed by atoms with Crippen LogP contribution in [0.15, 0.2) is 0 Å². The van der Waals surface area contributed by atoms with Gasteiger partial charge in [0.2, 0.25) is 0 Å². The first-order chi connectivity index (χ1) is 9.55. The molecule has 0 amide bonds. The molecule has 2 heteroatoms. The third-order valence-electron chi connectivity index (χ3n) is 4.97. The minimum Gasteiger partial charge on any atom is -0.317 e. The zero-order valence-corrected chi connectivity index (χ0v) is 14.5. The molecule has 0 aromatic carbocycles. The van der Waals surface area contributed by atoms with Crippen molar-refractivity contribution in [1.82, 2.24) is 10.2 Å². The SMILES string of the molecule is CCCNCCCCCCN(C)C1CCC(C)(C)CC1. The average Bonchev–Trinajstić information content (AvgIpc) is 2.41. The molecule has 1 rings (SSSR count). The van der Waals surface area contributed by atoms with E-state index in [4.69, 9.17) is 0 Å². The highest BCUT2D eigenvalue weighted by Gasteiger charge is 2.28. The summed E-state index contributed by atoms with van der Waals surface area (Å²) < 4.78 is 0. The van der Waals surface area contributed by atoms with Gasteiger partial charge in [-0.25, -0.2) is 0 Å². The van der Waals surface area contributed by atoms with Crippen LogP contribution in [0.25, 0.3) is 0 Å². The minimum absolute atomic E-state index is 0.600. The van der Waals surface area contributed by atoms with Gasteiger partial charge in [-0.15, -0.1) is 0 Å². The topological polar surface area (TPSA) is 15.3 Å². The zero-order valence-electron chi connectivity index (χ0n) is 14.5. The van der Waals surface area contributed by atoms with Crippen molar-refractivity contribution >= 4 is 0 Å². The van der Waals surface area contributed by atoms with Crippen LogP contribution in [-0.4, -0.2) is 37.6 Å². The van der Waals surface area contributed by atoms with Crippen LogP contribution >= 0.6 is 0 Å². The molecule has 0 atom stereocenters. The summed E-state index contributed by atoms with van der Waals surface area (Å²) in [4.78, 5) is 2.63. The Hall–Kier alpha value is -0.0800. The summed E-state index contributed by atoms with van der Waals surface area (Å²) in [5.41, 5.74) is 0.600. The van der Waals surface area contributed by atoms with Crippen molar-refractivity contribution in [2.24, 2.45) is 5.41 Å². The lowest BCUT2D eigenvalue weighted by molar-refractivity contribution is 0.126. The van der Waals surface area contributed by atoms with Crippen LogP contribution in [0, 0.1) is 5.41 Å².